The zero-order chi connectivity index (χ0) is 20.2. The van der Waals surface area contributed by atoms with Gasteiger partial charge in [-0.3, -0.25) is 0 Å². The summed E-state index contributed by atoms with van der Waals surface area (Å²) in [5.41, 5.74) is -14.7. The molecule has 1 N–H and O–H groups in total. The number of hydrogen-bond donors (Lipinski definition) is 1. The highest BCUT2D eigenvalue weighted by atomic mass is 19.4. The minimum absolute atomic E-state index is 0.271. The van der Waals surface area contributed by atoms with E-state index in [1.165, 1.54) is 0 Å². The number of halogens is 12. The molecule has 0 fully saturated rings. The second-order valence-corrected chi connectivity index (χ2v) is 4.80. The first-order valence-corrected chi connectivity index (χ1v) is 5.97. The van der Waals surface area contributed by atoms with Crippen LogP contribution in [-0.2, 0) is 24.7 Å². The van der Waals surface area contributed by atoms with Crippen molar-refractivity contribution in [3.8, 4) is 0 Å². The number of benzene rings is 1. The molecule has 0 saturated heterocycles. The monoisotopic (exact) mass is 394 g/mol. The van der Waals surface area contributed by atoms with E-state index in [2.05, 4.69) is 0 Å². The smallest absolute Gasteiger partial charge is 0.389 e. The molecule has 13 heteroatoms. The van der Waals surface area contributed by atoms with Gasteiger partial charge in [0.05, 0.1) is 28.4 Å². The summed E-state index contributed by atoms with van der Waals surface area (Å²) < 4.78 is 154. The van der Waals surface area contributed by atoms with Crippen molar-refractivity contribution in [2.75, 3.05) is 0 Å². The summed E-state index contributed by atoms with van der Waals surface area (Å²) in [5.74, 6) is 0. The molecular weight excluding hydrogens is 388 g/mol. The standard InChI is InChI=1S/C12H6F12O/c1-3(25)6-4(9(13,14)15)2-5(10(16,17)18)7(11(19,20)21)8(6)12(22,23)24/h2-3,25H,1H3. The Labute approximate surface area is 130 Å². The second-order valence-electron chi connectivity index (χ2n) is 4.80. The maximum atomic E-state index is 13.0. The summed E-state index contributed by atoms with van der Waals surface area (Å²) in [6.45, 7) is 0.271. The zero-order valence-corrected chi connectivity index (χ0v) is 11.6. The quantitative estimate of drug-likeness (QED) is 0.596. The predicted octanol–water partition coefficient (Wildman–Crippen LogP) is 5.82. The Balaban J connectivity index is 4.31. The van der Waals surface area contributed by atoms with Gasteiger partial charge in [-0.15, -0.1) is 0 Å². The molecule has 0 radical (unpaired) electrons. The molecule has 1 unspecified atom stereocenters. The molecule has 0 aliphatic heterocycles. The predicted molar refractivity (Wildman–Crippen MR) is 57.1 cm³/mol. The van der Waals surface area contributed by atoms with Crippen molar-refractivity contribution in [3.05, 3.63) is 33.9 Å². The number of rotatable bonds is 1. The van der Waals surface area contributed by atoms with Gasteiger partial charge in [0.25, 0.3) is 0 Å². The van der Waals surface area contributed by atoms with Crippen LogP contribution in [0.5, 0.6) is 0 Å². The lowest BCUT2D eigenvalue weighted by Gasteiger charge is -2.27. The Hall–Kier alpha value is -1.66. The number of aliphatic hydroxyl groups is 1. The fourth-order valence-electron chi connectivity index (χ4n) is 2.18. The molecule has 1 aromatic carbocycles. The average Bonchev–Trinajstić information content (AvgIpc) is 2.31. The summed E-state index contributed by atoms with van der Waals surface area (Å²) in [7, 11) is 0. The van der Waals surface area contributed by atoms with Gasteiger partial charge in [0.1, 0.15) is 0 Å². The van der Waals surface area contributed by atoms with E-state index in [1.807, 2.05) is 0 Å². The van der Waals surface area contributed by atoms with Crippen LogP contribution in [0.15, 0.2) is 6.07 Å². The maximum Gasteiger partial charge on any atom is 0.417 e. The molecule has 1 aromatic rings. The molecule has 0 aliphatic carbocycles. The Bertz CT molecular complexity index is 645. The van der Waals surface area contributed by atoms with Crippen LogP contribution in [0.4, 0.5) is 52.7 Å². The largest absolute Gasteiger partial charge is 0.417 e. The molecule has 0 aromatic heterocycles. The van der Waals surface area contributed by atoms with Crippen molar-refractivity contribution in [1.29, 1.82) is 0 Å². The lowest BCUT2D eigenvalue weighted by Crippen LogP contribution is -2.28. The van der Waals surface area contributed by atoms with E-state index in [-0.39, 0.29) is 6.92 Å². The summed E-state index contributed by atoms with van der Waals surface area (Å²) in [6.07, 6.45) is -27.4. The van der Waals surface area contributed by atoms with Crippen LogP contribution in [0.1, 0.15) is 40.8 Å². The highest BCUT2D eigenvalue weighted by molar-refractivity contribution is 5.52. The first-order chi connectivity index (χ1) is 10.8. The average molecular weight is 394 g/mol. The second kappa shape index (κ2) is 5.95. The summed E-state index contributed by atoms with van der Waals surface area (Å²) in [6, 6.07) is -1.08. The SMILES string of the molecule is CC(O)c1c(C(F)(F)F)cc(C(F)(F)F)c(C(F)(F)F)c1C(F)(F)F. The number of aliphatic hydroxyl groups excluding tert-OH is 1. The van der Waals surface area contributed by atoms with Gasteiger partial charge in [0, 0.05) is 5.56 Å². The molecule has 1 nitrogen and oxygen atoms in total. The molecule has 0 saturated carbocycles. The van der Waals surface area contributed by atoms with Crippen LogP contribution in [-0.4, -0.2) is 5.11 Å². The molecule has 0 heterocycles. The molecule has 0 spiro atoms. The number of alkyl halides is 12. The van der Waals surface area contributed by atoms with E-state index in [4.69, 9.17) is 5.11 Å². The van der Waals surface area contributed by atoms with E-state index in [0.717, 1.165) is 0 Å². The van der Waals surface area contributed by atoms with Crippen LogP contribution < -0.4 is 0 Å². The van der Waals surface area contributed by atoms with Crippen molar-refractivity contribution in [2.24, 2.45) is 0 Å². The van der Waals surface area contributed by atoms with Gasteiger partial charge in [-0.1, -0.05) is 0 Å². The van der Waals surface area contributed by atoms with Crippen LogP contribution in [0.2, 0.25) is 0 Å². The summed E-state index contributed by atoms with van der Waals surface area (Å²) in [5, 5.41) is 9.15. The molecule has 0 bridgehead atoms. The molecule has 0 aliphatic rings. The van der Waals surface area contributed by atoms with Crippen LogP contribution in [0, 0.1) is 0 Å². The Morgan fingerprint density at radius 1 is 0.640 bits per heavy atom. The topological polar surface area (TPSA) is 20.2 Å². The van der Waals surface area contributed by atoms with Crippen molar-refractivity contribution in [3.63, 3.8) is 0 Å². The first kappa shape index (κ1) is 21.4. The first-order valence-electron chi connectivity index (χ1n) is 5.97. The van der Waals surface area contributed by atoms with Crippen molar-refractivity contribution >= 4 is 0 Å². The third kappa shape index (κ3) is 4.30. The normalized spacial score (nSPS) is 15.4. The third-order valence-corrected chi connectivity index (χ3v) is 2.96. The van der Waals surface area contributed by atoms with E-state index in [9.17, 15) is 52.7 Å². The Morgan fingerprint density at radius 3 is 1.24 bits per heavy atom. The minimum Gasteiger partial charge on any atom is -0.389 e. The van der Waals surface area contributed by atoms with Crippen molar-refractivity contribution in [1.82, 2.24) is 0 Å². The van der Waals surface area contributed by atoms with E-state index in [0.29, 0.717) is 0 Å². The fourth-order valence-corrected chi connectivity index (χ4v) is 2.18. The summed E-state index contributed by atoms with van der Waals surface area (Å²) in [4.78, 5) is 0. The van der Waals surface area contributed by atoms with Gasteiger partial charge >= 0.3 is 24.7 Å². The molecule has 1 rings (SSSR count). The highest BCUT2D eigenvalue weighted by Crippen LogP contribution is 2.52. The lowest BCUT2D eigenvalue weighted by atomic mass is 9.87. The highest BCUT2D eigenvalue weighted by Gasteiger charge is 2.54. The molecule has 0 amide bonds. The van der Waals surface area contributed by atoms with Gasteiger partial charge in [-0.05, 0) is 13.0 Å². The summed E-state index contributed by atoms with van der Waals surface area (Å²) >= 11 is 0. The lowest BCUT2D eigenvalue weighted by molar-refractivity contribution is -0.177. The van der Waals surface area contributed by atoms with Gasteiger partial charge in [0.15, 0.2) is 0 Å². The van der Waals surface area contributed by atoms with Gasteiger partial charge < -0.3 is 5.11 Å². The van der Waals surface area contributed by atoms with E-state index >= 15 is 0 Å². The maximum absolute atomic E-state index is 13.0. The Morgan fingerprint density at radius 2 is 1.00 bits per heavy atom. The van der Waals surface area contributed by atoms with Crippen molar-refractivity contribution in [2.45, 2.75) is 37.7 Å². The molecule has 1 atom stereocenters. The van der Waals surface area contributed by atoms with E-state index < -0.39 is 64.7 Å². The fraction of sp³-hybridized carbons (Fsp3) is 0.500. The molecular formula is C12H6F12O. The number of hydrogen-bond acceptors (Lipinski definition) is 1. The van der Waals surface area contributed by atoms with Gasteiger partial charge in [-0.25, -0.2) is 0 Å². The zero-order valence-electron chi connectivity index (χ0n) is 11.6. The van der Waals surface area contributed by atoms with Crippen molar-refractivity contribution < 1.29 is 57.8 Å². The van der Waals surface area contributed by atoms with Gasteiger partial charge in [-0.2, -0.15) is 52.7 Å². The molecule has 144 valence electrons. The van der Waals surface area contributed by atoms with Gasteiger partial charge in [0.2, 0.25) is 0 Å². The molecule has 25 heavy (non-hydrogen) atoms. The third-order valence-electron chi connectivity index (χ3n) is 2.96. The van der Waals surface area contributed by atoms with Crippen LogP contribution in [0.25, 0.3) is 0 Å². The van der Waals surface area contributed by atoms with Crippen LogP contribution in [0.3, 0.4) is 0 Å². The Kier molecular flexibility index (Phi) is 5.09. The van der Waals surface area contributed by atoms with E-state index in [1.54, 1.807) is 0 Å². The van der Waals surface area contributed by atoms with Crippen LogP contribution >= 0.6 is 0 Å². The minimum atomic E-state index is -6.29.